The summed E-state index contributed by atoms with van der Waals surface area (Å²) in [4.78, 5) is 38.3. The average molecular weight is 656 g/mol. The topological polar surface area (TPSA) is 154 Å². The van der Waals surface area contributed by atoms with Gasteiger partial charge in [0.25, 0.3) is 0 Å². The van der Waals surface area contributed by atoms with Crippen LogP contribution in [0.25, 0.3) is 22.5 Å². The lowest BCUT2D eigenvalue weighted by atomic mass is 9.81. The first-order chi connectivity index (χ1) is 22.9. The Kier molecular flexibility index (Phi) is 10.4. The number of hydrogen-bond donors (Lipinski definition) is 5. The number of nitrogens with two attached hydrogens (primary N) is 1. The summed E-state index contributed by atoms with van der Waals surface area (Å²) in [5.74, 6) is 1.44. The maximum Gasteiger partial charge on any atom is 0.247 e. The van der Waals surface area contributed by atoms with E-state index in [0.717, 1.165) is 85.5 Å². The molecule has 1 saturated carbocycles. The van der Waals surface area contributed by atoms with E-state index in [1.165, 1.54) is 0 Å². The van der Waals surface area contributed by atoms with Crippen molar-refractivity contribution >= 4 is 34.9 Å². The second kappa shape index (κ2) is 15.1. The number of carbonyl (C=O) groups is 2. The Balaban J connectivity index is 1.16. The van der Waals surface area contributed by atoms with E-state index < -0.39 is 6.04 Å². The number of nitrogens with zero attached hydrogens (tertiary/aromatic N) is 4. The second-order valence-electron chi connectivity index (χ2n) is 12.5. The van der Waals surface area contributed by atoms with E-state index in [0.29, 0.717) is 30.4 Å². The average Bonchev–Trinajstić information content (AvgIpc) is 3.55. The van der Waals surface area contributed by atoms with Crippen molar-refractivity contribution in [1.82, 2.24) is 30.8 Å². The Labute approximate surface area is 280 Å². The van der Waals surface area contributed by atoms with Gasteiger partial charge in [0, 0.05) is 61.5 Å². The largest absolute Gasteiger partial charge is 0.354 e. The summed E-state index contributed by atoms with van der Waals surface area (Å²) >= 11 is 5.87. The van der Waals surface area contributed by atoms with E-state index >= 15 is 0 Å². The van der Waals surface area contributed by atoms with E-state index in [-0.39, 0.29) is 23.0 Å². The summed E-state index contributed by atoms with van der Waals surface area (Å²) in [6.07, 6.45) is 5.72. The lowest BCUT2D eigenvalue weighted by Crippen LogP contribution is -2.48. The van der Waals surface area contributed by atoms with E-state index in [1.807, 2.05) is 30.5 Å². The highest BCUT2D eigenvalue weighted by molar-refractivity contribution is 6.28. The molecule has 2 amide bonds. The van der Waals surface area contributed by atoms with Crippen LogP contribution in [-0.4, -0.2) is 70.7 Å². The maximum absolute atomic E-state index is 13.7. The van der Waals surface area contributed by atoms with Gasteiger partial charge in [0.1, 0.15) is 11.9 Å². The van der Waals surface area contributed by atoms with Crippen LogP contribution in [0.15, 0.2) is 60.8 Å². The van der Waals surface area contributed by atoms with Gasteiger partial charge in [-0.1, -0.05) is 24.3 Å². The number of nitrogens with one attached hydrogen (secondary N) is 4. The van der Waals surface area contributed by atoms with E-state index in [1.54, 1.807) is 12.1 Å². The third kappa shape index (κ3) is 8.16. The Morgan fingerprint density at radius 3 is 2.36 bits per heavy atom. The monoisotopic (exact) mass is 655 g/mol. The molecule has 3 heterocycles. The smallest absolute Gasteiger partial charge is 0.247 e. The minimum absolute atomic E-state index is 0.0830. The van der Waals surface area contributed by atoms with Gasteiger partial charge in [-0.2, -0.15) is 10.1 Å². The number of piperazine rings is 1. The van der Waals surface area contributed by atoms with Crippen molar-refractivity contribution in [3.63, 3.8) is 0 Å². The molecule has 1 atom stereocenters. The fourth-order valence-corrected chi connectivity index (χ4v) is 6.55. The number of pyridine rings is 1. The van der Waals surface area contributed by atoms with Gasteiger partial charge >= 0.3 is 0 Å². The zero-order valence-electron chi connectivity index (χ0n) is 26.6. The highest BCUT2D eigenvalue weighted by Crippen LogP contribution is 2.29. The van der Waals surface area contributed by atoms with Crippen LogP contribution in [-0.2, 0) is 16.0 Å². The first-order valence-corrected chi connectivity index (χ1v) is 16.8. The number of aromatic nitrogens is 4. The molecule has 0 radical (unpaired) electrons. The van der Waals surface area contributed by atoms with Gasteiger partial charge in [0.15, 0.2) is 5.82 Å². The van der Waals surface area contributed by atoms with Crippen LogP contribution in [0, 0.1) is 18.8 Å². The number of rotatable bonds is 10. The van der Waals surface area contributed by atoms with Crippen molar-refractivity contribution in [2.75, 3.05) is 42.9 Å². The van der Waals surface area contributed by atoms with Gasteiger partial charge in [-0.05, 0) is 104 Å². The summed E-state index contributed by atoms with van der Waals surface area (Å²) in [6.45, 7) is 6.58. The number of aryl methyl sites for hydroxylation is 1. The standard InChI is InChI=1S/C35H42ClN9O2/c1-22-18-31(45-16-14-38-15-17-45)39-21-29(22)25-6-2-23(3-7-25)19-30(41-33(46)27-8-4-24(20-37)5-9-27)34(47)40-28-12-10-26(11-13-28)32-42-35(36)44-43-32/h2-3,6-7,10-13,18,21,24,27,30,38H,4-5,8-9,14-17,19-20,37H2,1H3,(H,40,47)(H,41,46)(H,42,43,44)/t24?,27?,30-/m0/s1. The highest BCUT2D eigenvalue weighted by atomic mass is 35.5. The Morgan fingerprint density at radius 1 is 1.02 bits per heavy atom. The minimum atomic E-state index is -0.756. The van der Waals surface area contributed by atoms with Crippen LogP contribution < -0.4 is 26.6 Å². The third-order valence-corrected chi connectivity index (χ3v) is 9.46. The predicted molar refractivity (Wildman–Crippen MR) is 185 cm³/mol. The number of anilines is 2. The zero-order valence-corrected chi connectivity index (χ0v) is 27.4. The number of H-pyrrole nitrogens is 1. The molecule has 2 fully saturated rings. The van der Waals surface area contributed by atoms with Crippen molar-refractivity contribution in [3.05, 3.63) is 77.2 Å². The van der Waals surface area contributed by atoms with Crippen LogP contribution in [0.3, 0.4) is 0 Å². The molecule has 0 bridgehead atoms. The molecule has 2 aromatic carbocycles. The predicted octanol–water partition coefficient (Wildman–Crippen LogP) is 4.34. The van der Waals surface area contributed by atoms with Crippen molar-refractivity contribution in [3.8, 4) is 22.5 Å². The van der Waals surface area contributed by atoms with Gasteiger partial charge in [-0.3, -0.25) is 9.59 Å². The summed E-state index contributed by atoms with van der Waals surface area (Å²) in [7, 11) is 0. The fourth-order valence-electron chi connectivity index (χ4n) is 6.43. The lowest BCUT2D eigenvalue weighted by molar-refractivity contribution is -0.130. The Morgan fingerprint density at radius 2 is 1.72 bits per heavy atom. The molecule has 2 aliphatic rings. The molecule has 2 aromatic heterocycles. The summed E-state index contributed by atoms with van der Waals surface area (Å²) in [5.41, 5.74) is 11.5. The molecule has 1 aliphatic carbocycles. The molecule has 0 unspecified atom stereocenters. The number of aromatic amines is 1. The molecule has 1 aliphatic heterocycles. The molecule has 6 N–H and O–H groups in total. The quantitative estimate of drug-likeness (QED) is 0.169. The lowest BCUT2D eigenvalue weighted by Gasteiger charge is -2.29. The minimum Gasteiger partial charge on any atom is -0.354 e. The number of benzene rings is 2. The molecule has 1 saturated heterocycles. The van der Waals surface area contributed by atoms with Crippen molar-refractivity contribution in [2.24, 2.45) is 17.6 Å². The number of halogens is 1. The maximum atomic E-state index is 13.7. The van der Waals surface area contributed by atoms with Crippen LogP contribution in [0.5, 0.6) is 0 Å². The molecule has 6 rings (SSSR count). The van der Waals surface area contributed by atoms with Gasteiger partial charge in [-0.15, -0.1) is 0 Å². The first kappa shape index (κ1) is 32.6. The van der Waals surface area contributed by atoms with Gasteiger partial charge in [0.05, 0.1) is 0 Å². The van der Waals surface area contributed by atoms with Gasteiger partial charge < -0.3 is 26.6 Å². The molecule has 246 valence electrons. The molecule has 0 spiro atoms. The fraction of sp³-hybridized carbons (Fsp3) is 0.400. The number of amides is 2. The molecular formula is C35H42ClN9O2. The van der Waals surface area contributed by atoms with Crippen LogP contribution in [0.2, 0.25) is 5.28 Å². The molecule has 47 heavy (non-hydrogen) atoms. The molecule has 12 heteroatoms. The van der Waals surface area contributed by atoms with Crippen LogP contribution in [0.4, 0.5) is 11.5 Å². The van der Waals surface area contributed by atoms with Crippen molar-refractivity contribution < 1.29 is 9.59 Å². The van der Waals surface area contributed by atoms with E-state index in [4.69, 9.17) is 22.3 Å². The highest BCUT2D eigenvalue weighted by Gasteiger charge is 2.29. The summed E-state index contributed by atoms with van der Waals surface area (Å²) < 4.78 is 0. The van der Waals surface area contributed by atoms with Crippen LogP contribution in [0.1, 0.15) is 36.8 Å². The number of hydrogen-bond acceptors (Lipinski definition) is 8. The SMILES string of the molecule is Cc1cc(N2CCNCC2)ncc1-c1ccc(C[C@H](NC(=O)C2CCC(CN)CC2)C(=O)Nc2ccc(-c3n[nH]c(Cl)n3)cc2)cc1. The van der Waals surface area contributed by atoms with E-state index in [2.05, 4.69) is 61.2 Å². The number of carbonyl (C=O) groups excluding carboxylic acids is 2. The zero-order chi connectivity index (χ0) is 32.8. The summed E-state index contributed by atoms with van der Waals surface area (Å²) in [6, 6.07) is 16.7. The Hall–Kier alpha value is -4.32. The normalized spacial score (nSPS) is 18.8. The van der Waals surface area contributed by atoms with E-state index in [9.17, 15) is 9.59 Å². The molecular weight excluding hydrogens is 614 g/mol. The first-order valence-electron chi connectivity index (χ1n) is 16.4. The Bertz CT molecular complexity index is 1660. The summed E-state index contributed by atoms with van der Waals surface area (Å²) in [5, 5.41) is 16.3. The van der Waals surface area contributed by atoms with Gasteiger partial charge in [0.2, 0.25) is 17.1 Å². The van der Waals surface area contributed by atoms with Crippen LogP contribution >= 0.6 is 11.6 Å². The second-order valence-corrected chi connectivity index (χ2v) is 12.9. The van der Waals surface area contributed by atoms with Crippen molar-refractivity contribution in [1.29, 1.82) is 0 Å². The van der Waals surface area contributed by atoms with Crippen molar-refractivity contribution in [2.45, 2.75) is 45.1 Å². The molecule has 4 aromatic rings. The van der Waals surface area contributed by atoms with Gasteiger partial charge in [-0.25, -0.2) is 10.1 Å². The third-order valence-electron chi connectivity index (χ3n) is 9.29. The molecule has 11 nitrogen and oxygen atoms in total.